The van der Waals surface area contributed by atoms with Gasteiger partial charge in [0.15, 0.2) is 0 Å². The van der Waals surface area contributed by atoms with E-state index in [-0.39, 0.29) is 12.3 Å². The Bertz CT molecular complexity index is 757. The van der Waals surface area contributed by atoms with Gasteiger partial charge in [-0.25, -0.2) is 0 Å². The number of hydrogen-bond acceptors (Lipinski definition) is 4. The number of amides is 1. The molecule has 0 fully saturated rings. The molecular weight excluding hydrogens is 322 g/mol. The summed E-state index contributed by atoms with van der Waals surface area (Å²) in [6, 6.07) is 13.6. The van der Waals surface area contributed by atoms with Crippen LogP contribution < -0.4 is 14.8 Å². The van der Waals surface area contributed by atoms with E-state index in [1.54, 1.807) is 62.6 Å². The van der Waals surface area contributed by atoms with E-state index in [2.05, 4.69) is 5.32 Å². The third-order valence-electron chi connectivity index (χ3n) is 3.95. The molecule has 1 amide bonds. The SMILES string of the molecule is COc1ccc(C(=O)NC(C)(CC(=O)O)c2cccc(OC)c2)cc1. The first-order chi connectivity index (χ1) is 11.9. The molecule has 2 N–H and O–H groups in total. The largest absolute Gasteiger partial charge is 0.497 e. The maximum atomic E-state index is 12.6. The average molecular weight is 343 g/mol. The van der Waals surface area contributed by atoms with Crippen LogP contribution in [-0.2, 0) is 10.3 Å². The Morgan fingerprint density at radius 1 is 1.04 bits per heavy atom. The standard InChI is InChI=1S/C19H21NO5/c1-19(12-17(21)22,14-5-4-6-16(11-14)25-3)20-18(23)13-7-9-15(24-2)10-8-13/h4-11H,12H2,1-3H3,(H,20,23)(H,21,22). The molecule has 0 saturated carbocycles. The Hall–Kier alpha value is -3.02. The second-order valence-corrected chi connectivity index (χ2v) is 5.82. The molecule has 0 aromatic heterocycles. The third kappa shape index (κ3) is 4.50. The highest BCUT2D eigenvalue weighted by molar-refractivity contribution is 5.95. The number of carboxylic acids is 1. The molecule has 0 heterocycles. The number of hydrogen-bond donors (Lipinski definition) is 2. The van der Waals surface area contributed by atoms with Crippen LogP contribution in [0.1, 0.15) is 29.3 Å². The van der Waals surface area contributed by atoms with Crippen LogP contribution >= 0.6 is 0 Å². The van der Waals surface area contributed by atoms with E-state index < -0.39 is 11.5 Å². The highest BCUT2D eigenvalue weighted by Gasteiger charge is 2.32. The van der Waals surface area contributed by atoms with Gasteiger partial charge in [0.25, 0.3) is 5.91 Å². The zero-order chi connectivity index (χ0) is 18.4. The van der Waals surface area contributed by atoms with Crippen molar-refractivity contribution in [1.82, 2.24) is 5.32 Å². The van der Waals surface area contributed by atoms with Gasteiger partial charge >= 0.3 is 5.97 Å². The van der Waals surface area contributed by atoms with Crippen molar-refractivity contribution >= 4 is 11.9 Å². The molecular formula is C19H21NO5. The maximum absolute atomic E-state index is 12.6. The normalized spacial score (nSPS) is 12.8. The molecule has 132 valence electrons. The first-order valence-electron chi connectivity index (χ1n) is 7.71. The average Bonchev–Trinajstić information content (AvgIpc) is 2.61. The smallest absolute Gasteiger partial charge is 0.306 e. The minimum atomic E-state index is -1.09. The van der Waals surface area contributed by atoms with Gasteiger partial charge in [-0.2, -0.15) is 0 Å². The predicted octanol–water partition coefficient (Wildman–Crippen LogP) is 2.82. The number of carbonyl (C=O) groups is 2. The lowest BCUT2D eigenvalue weighted by Crippen LogP contribution is -2.45. The molecule has 2 aromatic rings. The number of carbonyl (C=O) groups excluding carboxylic acids is 1. The van der Waals surface area contributed by atoms with E-state index in [0.29, 0.717) is 22.6 Å². The van der Waals surface area contributed by atoms with Crippen LogP contribution in [0.2, 0.25) is 0 Å². The Morgan fingerprint density at radius 2 is 1.68 bits per heavy atom. The number of benzene rings is 2. The van der Waals surface area contributed by atoms with Gasteiger partial charge in [-0.05, 0) is 48.9 Å². The number of ether oxygens (including phenoxy) is 2. The summed E-state index contributed by atoms with van der Waals surface area (Å²) < 4.78 is 10.3. The predicted molar refractivity (Wildman–Crippen MR) is 93.1 cm³/mol. The third-order valence-corrected chi connectivity index (χ3v) is 3.95. The van der Waals surface area contributed by atoms with Gasteiger partial charge in [0.1, 0.15) is 11.5 Å². The summed E-state index contributed by atoms with van der Waals surface area (Å²) in [5.74, 6) is -0.153. The van der Waals surface area contributed by atoms with Gasteiger partial charge in [-0.3, -0.25) is 9.59 Å². The lowest BCUT2D eigenvalue weighted by Gasteiger charge is -2.30. The van der Waals surface area contributed by atoms with Crippen LogP contribution in [0.15, 0.2) is 48.5 Å². The van der Waals surface area contributed by atoms with E-state index in [1.165, 1.54) is 7.11 Å². The van der Waals surface area contributed by atoms with E-state index in [1.807, 2.05) is 0 Å². The Morgan fingerprint density at radius 3 is 2.24 bits per heavy atom. The van der Waals surface area contributed by atoms with Gasteiger partial charge in [-0.15, -0.1) is 0 Å². The summed E-state index contributed by atoms with van der Waals surface area (Å²) in [7, 11) is 3.07. The van der Waals surface area contributed by atoms with Crippen molar-refractivity contribution < 1.29 is 24.2 Å². The summed E-state index contributed by atoms with van der Waals surface area (Å²) in [5, 5.41) is 12.1. The fraction of sp³-hybridized carbons (Fsp3) is 0.263. The van der Waals surface area contributed by atoms with E-state index in [4.69, 9.17) is 9.47 Å². The van der Waals surface area contributed by atoms with Crippen molar-refractivity contribution in [2.45, 2.75) is 18.9 Å². The second-order valence-electron chi connectivity index (χ2n) is 5.82. The molecule has 2 rings (SSSR count). The lowest BCUT2D eigenvalue weighted by atomic mass is 9.88. The molecule has 0 saturated heterocycles. The first-order valence-corrected chi connectivity index (χ1v) is 7.71. The first kappa shape index (κ1) is 18.3. The Labute approximate surface area is 146 Å². The highest BCUT2D eigenvalue weighted by Crippen LogP contribution is 2.28. The molecule has 25 heavy (non-hydrogen) atoms. The topological polar surface area (TPSA) is 84.9 Å². The van der Waals surface area contributed by atoms with Crippen molar-refractivity contribution in [2.75, 3.05) is 14.2 Å². The van der Waals surface area contributed by atoms with Crippen molar-refractivity contribution in [3.05, 3.63) is 59.7 Å². The minimum Gasteiger partial charge on any atom is -0.497 e. The minimum absolute atomic E-state index is 0.262. The zero-order valence-corrected chi connectivity index (χ0v) is 14.4. The summed E-state index contributed by atoms with van der Waals surface area (Å²) in [6.45, 7) is 1.68. The maximum Gasteiger partial charge on any atom is 0.306 e. The van der Waals surface area contributed by atoms with Gasteiger partial charge in [0.05, 0.1) is 26.2 Å². The molecule has 1 unspecified atom stereocenters. The van der Waals surface area contributed by atoms with E-state index in [0.717, 1.165) is 0 Å². The van der Waals surface area contributed by atoms with Gasteiger partial charge in [0, 0.05) is 5.56 Å². The summed E-state index contributed by atoms with van der Waals surface area (Å²) in [5.41, 5.74) is -0.0198. The van der Waals surface area contributed by atoms with Crippen molar-refractivity contribution in [3.63, 3.8) is 0 Å². The van der Waals surface area contributed by atoms with Crippen molar-refractivity contribution in [2.24, 2.45) is 0 Å². The van der Waals surface area contributed by atoms with Gasteiger partial charge in [-0.1, -0.05) is 12.1 Å². The van der Waals surface area contributed by atoms with Crippen LogP contribution in [0, 0.1) is 0 Å². The van der Waals surface area contributed by atoms with Crippen molar-refractivity contribution in [3.8, 4) is 11.5 Å². The van der Waals surface area contributed by atoms with E-state index in [9.17, 15) is 14.7 Å². The summed E-state index contributed by atoms with van der Waals surface area (Å²) in [4.78, 5) is 23.9. The van der Waals surface area contributed by atoms with Crippen LogP contribution in [0.25, 0.3) is 0 Å². The second kappa shape index (κ2) is 7.70. The fourth-order valence-corrected chi connectivity index (χ4v) is 2.55. The molecule has 2 aromatic carbocycles. The molecule has 0 spiro atoms. The molecule has 1 atom stereocenters. The fourth-order valence-electron chi connectivity index (χ4n) is 2.55. The lowest BCUT2D eigenvalue weighted by molar-refractivity contribution is -0.138. The van der Waals surface area contributed by atoms with Crippen LogP contribution in [0.5, 0.6) is 11.5 Å². The number of methoxy groups -OCH3 is 2. The molecule has 6 nitrogen and oxygen atoms in total. The number of rotatable bonds is 7. The molecule has 0 aliphatic heterocycles. The van der Waals surface area contributed by atoms with Gasteiger partial charge in [0.2, 0.25) is 0 Å². The molecule has 0 radical (unpaired) electrons. The number of aliphatic carboxylic acids is 1. The molecule has 0 aliphatic rings. The monoisotopic (exact) mass is 343 g/mol. The summed E-state index contributed by atoms with van der Waals surface area (Å²) >= 11 is 0. The van der Waals surface area contributed by atoms with E-state index >= 15 is 0 Å². The molecule has 0 bridgehead atoms. The Balaban J connectivity index is 2.32. The highest BCUT2D eigenvalue weighted by atomic mass is 16.5. The molecule has 0 aliphatic carbocycles. The zero-order valence-electron chi connectivity index (χ0n) is 14.4. The number of carboxylic acid groups (broad SMARTS) is 1. The Kier molecular flexibility index (Phi) is 5.64. The number of nitrogens with one attached hydrogen (secondary N) is 1. The molecule has 6 heteroatoms. The van der Waals surface area contributed by atoms with Crippen LogP contribution in [0.4, 0.5) is 0 Å². The summed E-state index contributed by atoms with van der Waals surface area (Å²) in [6.07, 6.45) is -0.262. The van der Waals surface area contributed by atoms with Gasteiger partial charge < -0.3 is 19.9 Å². The van der Waals surface area contributed by atoms with Crippen LogP contribution in [0.3, 0.4) is 0 Å². The van der Waals surface area contributed by atoms with Crippen LogP contribution in [-0.4, -0.2) is 31.2 Å². The quantitative estimate of drug-likeness (QED) is 0.807. The van der Waals surface area contributed by atoms with Crippen molar-refractivity contribution in [1.29, 1.82) is 0 Å².